The first-order chi connectivity index (χ1) is 51.6. The van der Waals surface area contributed by atoms with Gasteiger partial charge in [-0.2, -0.15) is 13.2 Å². The molecule has 0 bridgehead atoms. The summed E-state index contributed by atoms with van der Waals surface area (Å²) in [5.74, 6) is 6.09. The fourth-order valence-corrected chi connectivity index (χ4v) is 15.9. The van der Waals surface area contributed by atoms with E-state index in [0.717, 1.165) is 45.6 Å². The van der Waals surface area contributed by atoms with Gasteiger partial charge >= 0.3 is 6.18 Å². The van der Waals surface area contributed by atoms with E-state index >= 15 is 0 Å². The van der Waals surface area contributed by atoms with Crippen LogP contribution in [0.4, 0.5) is 13.2 Å². The molecule has 0 aliphatic heterocycles. The topological polar surface area (TPSA) is 39.4 Å². The van der Waals surface area contributed by atoms with Crippen molar-refractivity contribution in [3.05, 3.63) is 283 Å². The van der Waals surface area contributed by atoms with Crippen molar-refractivity contribution in [2.45, 2.75) is 273 Å². The number of rotatable bonds is 10. The second kappa shape index (κ2) is 36.3. The zero-order chi connectivity index (χ0) is 80.5. The first-order valence-corrected chi connectivity index (χ1v) is 40.8. The molecule has 0 saturated heterocycles. The Balaban J connectivity index is 0.000000153. The van der Waals surface area contributed by atoms with Crippen LogP contribution >= 0.6 is 0 Å². The molecule has 3 aromatic heterocycles. The highest BCUT2D eigenvalue weighted by Crippen LogP contribution is 2.53. The molecule has 6 heteroatoms. The van der Waals surface area contributed by atoms with Gasteiger partial charge in [0.05, 0.1) is 5.41 Å². The van der Waals surface area contributed by atoms with Crippen molar-refractivity contribution < 1.29 is 26.4 Å². The third kappa shape index (κ3) is 22.6. The van der Waals surface area contributed by atoms with Crippen LogP contribution in [-0.4, -0.2) is 6.18 Å². The number of furan rings is 3. The summed E-state index contributed by atoms with van der Waals surface area (Å²) in [5, 5.41) is 3.50. The Morgan fingerprint density at radius 2 is 0.700 bits per heavy atom. The van der Waals surface area contributed by atoms with E-state index < -0.39 is 11.6 Å². The van der Waals surface area contributed by atoms with Crippen LogP contribution in [0.1, 0.15) is 285 Å². The van der Waals surface area contributed by atoms with Crippen LogP contribution in [0, 0.1) is 92.4 Å². The first kappa shape index (κ1) is 85.4. The largest absolute Gasteiger partial charge is 0.461 e. The fourth-order valence-electron chi connectivity index (χ4n) is 15.9. The Bertz CT molecular complexity index is 4910. The number of halogens is 3. The van der Waals surface area contributed by atoms with Crippen LogP contribution in [-0.2, 0) is 6.42 Å². The van der Waals surface area contributed by atoms with Crippen LogP contribution in [0.2, 0.25) is 0 Å². The average molecular weight is 1480 g/mol. The lowest BCUT2D eigenvalue weighted by molar-refractivity contribution is -0.228. The average Bonchev–Trinajstić information content (AvgIpc) is 1.25. The van der Waals surface area contributed by atoms with Crippen LogP contribution in [0.5, 0.6) is 0 Å². The molecule has 0 N–H and O–H groups in total. The summed E-state index contributed by atoms with van der Waals surface area (Å²) in [6.07, 6.45) is 3.47. The molecule has 12 aromatic rings. The molecule has 9 aromatic carbocycles. The SMILES string of the molecule is Cc1ccc(-c2c(C(C)C)cc(C(C)C)cc2C(C)C)cc1.Cc1ccc(-c2c(C)cc(C(C)C)cc2C)cc1.Cc1ccc(-c2c(C)cc(C)cc2C)cc1.Cc1ccc2cc(C3CCC(C)(C)CC3)oc2c1.Cc1ccc2oc(C3CCC(C)(C(F)(F)F)CC3)cc2c1.Cc1ccc2oc(CC(C)(C)C)cc2c1. The maximum Gasteiger partial charge on any atom is 0.394 e. The molecule has 0 spiro atoms. The zero-order valence-electron chi connectivity index (χ0n) is 71.5. The molecule has 584 valence electrons. The van der Waals surface area contributed by atoms with Gasteiger partial charge in [-0.25, -0.2) is 0 Å². The fraction of sp³-hybridized carbons (Fsp3) is 0.423. The third-order valence-electron chi connectivity index (χ3n) is 22.8. The Morgan fingerprint density at radius 3 is 1.12 bits per heavy atom. The predicted molar refractivity (Wildman–Crippen MR) is 466 cm³/mol. The number of hydrogen-bond acceptors (Lipinski definition) is 3. The predicted octanol–water partition coefficient (Wildman–Crippen LogP) is 32.7. The van der Waals surface area contributed by atoms with E-state index in [1.807, 2.05) is 31.2 Å². The lowest BCUT2D eigenvalue weighted by Gasteiger charge is -2.38. The van der Waals surface area contributed by atoms with E-state index in [4.69, 9.17) is 13.3 Å². The van der Waals surface area contributed by atoms with E-state index in [0.29, 0.717) is 47.8 Å². The van der Waals surface area contributed by atoms with Gasteiger partial charge in [0.2, 0.25) is 0 Å². The second-order valence-corrected chi connectivity index (χ2v) is 36.2. The minimum atomic E-state index is -4.11. The number of alkyl halides is 3. The first-order valence-electron chi connectivity index (χ1n) is 40.8. The molecule has 110 heavy (non-hydrogen) atoms. The molecule has 0 atom stereocenters. The van der Waals surface area contributed by atoms with Crippen LogP contribution in [0.3, 0.4) is 0 Å². The smallest absolute Gasteiger partial charge is 0.394 e. The minimum absolute atomic E-state index is 0.105. The highest BCUT2D eigenvalue weighted by molar-refractivity contribution is 5.81. The summed E-state index contributed by atoms with van der Waals surface area (Å²) in [7, 11) is 0. The van der Waals surface area contributed by atoms with Crippen molar-refractivity contribution in [2.75, 3.05) is 0 Å². The summed E-state index contributed by atoms with van der Waals surface area (Å²) >= 11 is 0. The normalized spacial score (nSPS) is 15.9. The molecular formula is C104H129F3O3. The maximum atomic E-state index is 13.0. The molecular weight excluding hydrogens is 1350 g/mol. The van der Waals surface area contributed by atoms with Gasteiger partial charge in [0.1, 0.15) is 34.0 Å². The highest BCUT2D eigenvalue weighted by Gasteiger charge is 2.52. The molecule has 2 aliphatic rings. The molecule has 0 unspecified atom stereocenters. The van der Waals surface area contributed by atoms with Gasteiger partial charge in [0.25, 0.3) is 0 Å². The second-order valence-electron chi connectivity index (χ2n) is 36.2. The summed E-state index contributed by atoms with van der Waals surface area (Å²) in [6, 6.07) is 65.7. The van der Waals surface area contributed by atoms with Crippen molar-refractivity contribution in [2.24, 2.45) is 16.2 Å². The van der Waals surface area contributed by atoms with E-state index in [1.165, 1.54) is 160 Å². The molecule has 2 aliphatic carbocycles. The van der Waals surface area contributed by atoms with Crippen molar-refractivity contribution in [1.82, 2.24) is 0 Å². The van der Waals surface area contributed by atoms with Gasteiger partial charge in [-0.3, -0.25) is 0 Å². The monoisotopic (exact) mass is 1480 g/mol. The molecule has 3 nitrogen and oxygen atoms in total. The van der Waals surface area contributed by atoms with E-state index in [9.17, 15) is 13.2 Å². The summed E-state index contributed by atoms with van der Waals surface area (Å²) < 4.78 is 56.8. The van der Waals surface area contributed by atoms with E-state index in [2.05, 4.69) is 317 Å². The maximum absolute atomic E-state index is 13.0. The highest BCUT2D eigenvalue weighted by atomic mass is 19.4. The van der Waals surface area contributed by atoms with Gasteiger partial charge in [-0.05, 0) is 294 Å². The van der Waals surface area contributed by atoms with Crippen molar-refractivity contribution in [3.8, 4) is 33.4 Å². The van der Waals surface area contributed by atoms with Gasteiger partial charge < -0.3 is 13.3 Å². The lowest BCUT2D eigenvalue weighted by atomic mass is 9.70. The Kier molecular flexibility index (Phi) is 28.1. The summed E-state index contributed by atoms with van der Waals surface area (Å²) in [6.45, 7) is 54.7. The van der Waals surface area contributed by atoms with Crippen molar-refractivity contribution in [1.29, 1.82) is 0 Å². The minimum Gasteiger partial charge on any atom is -0.461 e. The van der Waals surface area contributed by atoms with Crippen LogP contribution in [0.15, 0.2) is 195 Å². The van der Waals surface area contributed by atoms with Gasteiger partial charge in [-0.1, -0.05) is 264 Å². The molecule has 14 rings (SSSR count). The Morgan fingerprint density at radius 1 is 0.345 bits per heavy atom. The van der Waals surface area contributed by atoms with Gasteiger partial charge in [-0.15, -0.1) is 0 Å². The molecule has 0 radical (unpaired) electrons. The Hall–Kier alpha value is -8.61. The van der Waals surface area contributed by atoms with Gasteiger partial charge in [0, 0.05) is 34.4 Å². The van der Waals surface area contributed by atoms with Crippen LogP contribution in [0.25, 0.3) is 66.3 Å². The molecule has 3 heterocycles. The molecule has 0 amide bonds. The van der Waals surface area contributed by atoms with Crippen LogP contribution < -0.4 is 0 Å². The summed E-state index contributed by atoms with van der Waals surface area (Å²) in [5.41, 5.74) is 30.7. The Labute approximate surface area is 660 Å². The lowest BCUT2D eigenvalue weighted by Crippen LogP contribution is -2.38. The quantitative estimate of drug-likeness (QED) is 0.137. The van der Waals surface area contributed by atoms with Gasteiger partial charge in [0.15, 0.2) is 0 Å². The van der Waals surface area contributed by atoms with E-state index in [-0.39, 0.29) is 24.2 Å². The standard InChI is InChI=1S/C22H30.C18H22.C17H19F3O.C17H22O.C16H18.C14H18O/c1-14(2)19-12-20(15(3)4)22(21(13-19)16(5)6)18-10-8-17(7)9-11-18;1-12(2)17-10-14(4)18(15(5)11-17)16-8-6-13(3)7-9-16;1-11-3-4-14-13(9-11)10-15(21-14)12-5-7-16(2,8-6-12)17(18,19)20;1-12-4-5-14-11-16(18-15(14)10-12)13-6-8-17(2,3)9-7-13;1-11-5-7-15(8-6-11)16-13(3)9-12(2)10-14(16)4;1-10-5-6-13-11(7-10)8-12(15-13)9-14(2,3)4/h8-16H,1-7H3;6-12H,1-5H3;3-4,9-10,12H,5-8H2,1-2H3;4-5,10-11,13H,6-9H2,1-3H3;5-10H,1-4H3;5-8H,9H2,1-4H3. The number of benzene rings is 9. The summed E-state index contributed by atoms with van der Waals surface area (Å²) in [4.78, 5) is 0. The number of aryl methyl sites for hydroxylation is 11. The van der Waals surface area contributed by atoms with Crippen molar-refractivity contribution >= 4 is 32.9 Å². The third-order valence-corrected chi connectivity index (χ3v) is 22.8. The zero-order valence-corrected chi connectivity index (χ0v) is 71.5. The number of fused-ring (bicyclic) bond motifs is 3. The molecule has 2 saturated carbocycles. The number of hydrogen-bond donors (Lipinski definition) is 0. The molecule has 2 fully saturated rings. The van der Waals surface area contributed by atoms with Crippen molar-refractivity contribution in [3.63, 3.8) is 0 Å². The van der Waals surface area contributed by atoms with E-state index in [1.54, 1.807) is 0 Å².